The van der Waals surface area contributed by atoms with Gasteiger partial charge in [0, 0.05) is 30.1 Å². The third-order valence-electron chi connectivity index (χ3n) is 4.89. The number of nitrogens with zero attached hydrogens (tertiary/aromatic N) is 1. The van der Waals surface area contributed by atoms with Gasteiger partial charge in [-0.15, -0.1) is 0 Å². The number of aromatic nitrogens is 2. The zero-order chi connectivity index (χ0) is 20.6. The molecule has 6 nitrogen and oxygen atoms in total. The molecule has 1 N–H and O–H groups in total. The number of aryl methyl sites for hydroxylation is 2. The smallest absolute Gasteiger partial charge is 0.277 e. The second kappa shape index (κ2) is 7.24. The molecule has 0 saturated carbocycles. The number of sulfone groups is 1. The lowest BCUT2D eigenvalue weighted by Crippen LogP contribution is -2.21. The molecule has 2 aromatic carbocycles. The molecular formula is C21H22N2O4S. The molecule has 0 fully saturated rings. The maximum absolute atomic E-state index is 13.1. The van der Waals surface area contributed by atoms with Crippen LogP contribution in [0, 0.1) is 13.8 Å². The Kier molecular flexibility index (Phi) is 5.12. The van der Waals surface area contributed by atoms with Crippen molar-refractivity contribution in [2.45, 2.75) is 32.2 Å². The summed E-state index contributed by atoms with van der Waals surface area (Å²) in [6.45, 7) is 5.83. The number of H-pyrrole nitrogens is 1. The molecular weight excluding hydrogens is 376 g/mol. The van der Waals surface area contributed by atoms with E-state index >= 15 is 0 Å². The number of nitrogens with one attached hydrogen (secondary N) is 1. The molecule has 1 heterocycles. The van der Waals surface area contributed by atoms with Crippen molar-refractivity contribution in [1.29, 1.82) is 0 Å². The molecule has 0 amide bonds. The molecule has 0 spiro atoms. The Balaban J connectivity index is 2.30. The van der Waals surface area contributed by atoms with Gasteiger partial charge in [0.1, 0.15) is 5.56 Å². The molecule has 0 aliphatic carbocycles. The van der Waals surface area contributed by atoms with Crippen molar-refractivity contribution in [1.82, 2.24) is 9.78 Å². The van der Waals surface area contributed by atoms with E-state index in [1.165, 1.54) is 23.0 Å². The lowest BCUT2D eigenvalue weighted by molar-refractivity contribution is 0.103. The molecule has 3 rings (SSSR count). The third kappa shape index (κ3) is 3.33. The molecule has 0 saturated heterocycles. The average molecular weight is 398 g/mol. The summed E-state index contributed by atoms with van der Waals surface area (Å²) < 4.78 is 26.1. The summed E-state index contributed by atoms with van der Waals surface area (Å²) in [7, 11) is -3.52. The Hall–Kier alpha value is -2.93. The van der Waals surface area contributed by atoms with Crippen LogP contribution in [0.2, 0.25) is 0 Å². The van der Waals surface area contributed by atoms with Crippen molar-refractivity contribution in [2.24, 2.45) is 0 Å². The van der Waals surface area contributed by atoms with Gasteiger partial charge in [-0.1, -0.05) is 24.3 Å². The van der Waals surface area contributed by atoms with Crippen molar-refractivity contribution in [2.75, 3.05) is 6.26 Å². The number of rotatable bonds is 5. The minimum Gasteiger partial charge on any atom is -0.302 e. The summed E-state index contributed by atoms with van der Waals surface area (Å²) in [5.74, 6) is -0.430. The van der Waals surface area contributed by atoms with Gasteiger partial charge in [0.15, 0.2) is 15.6 Å². The lowest BCUT2D eigenvalue weighted by atomic mass is 9.91. The van der Waals surface area contributed by atoms with Crippen LogP contribution < -0.4 is 5.56 Å². The number of ketones is 1. The fourth-order valence-corrected chi connectivity index (χ4v) is 4.33. The van der Waals surface area contributed by atoms with E-state index in [2.05, 4.69) is 5.10 Å². The highest BCUT2D eigenvalue weighted by Crippen LogP contribution is 2.35. The van der Waals surface area contributed by atoms with Gasteiger partial charge in [0.2, 0.25) is 0 Å². The minimum absolute atomic E-state index is 0.0350. The molecule has 0 bridgehead atoms. The maximum atomic E-state index is 13.1. The van der Waals surface area contributed by atoms with Crippen molar-refractivity contribution in [3.63, 3.8) is 0 Å². The van der Waals surface area contributed by atoms with E-state index in [9.17, 15) is 18.0 Å². The largest absolute Gasteiger partial charge is 0.302 e. The Morgan fingerprint density at radius 1 is 1.07 bits per heavy atom. The van der Waals surface area contributed by atoms with E-state index in [0.717, 1.165) is 17.4 Å². The van der Waals surface area contributed by atoms with Gasteiger partial charge >= 0.3 is 0 Å². The number of hydrogen-bond acceptors (Lipinski definition) is 4. The first kappa shape index (κ1) is 19.8. The van der Waals surface area contributed by atoms with Crippen LogP contribution in [0.4, 0.5) is 0 Å². The fraction of sp³-hybridized carbons (Fsp3) is 0.238. The van der Waals surface area contributed by atoms with Gasteiger partial charge < -0.3 is 5.10 Å². The van der Waals surface area contributed by atoms with Crippen molar-refractivity contribution in [3.8, 4) is 11.1 Å². The zero-order valence-corrected chi connectivity index (χ0v) is 17.1. The highest BCUT2D eigenvalue weighted by Gasteiger charge is 2.24. The van der Waals surface area contributed by atoms with Crippen LogP contribution in [0.5, 0.6) is 0 Å². The Morgan fingerprint density at radius 2 is 1.75 bits per heavy atom. The number of carbonyl (C=O) groups excluding carboxylic acids is 1. The SMILES string of the molecule is CCn1[nH]cc(C(=O)c2ccc(S(C)(=O)=O)c(-c3ccccc3C)c2C)c1=O. The van der Waals surface area contributed by atoms with E-state index in [0.29, 0.717) is 23.2 Å². The summed E-state index contributed by atoms with van der Waals surface area (Å²) in [4.78, 5) is 25.6. The number of hydrogen-bond donors (Lipinski definition) is 1. The molecule has 1 aromatic heterocycles. The van der Waals surface area contributed by atoms with Gasteiger partial charge in [-0.2, -0.15) is 0 Å². The number of carbonyl (C=O) groups is 1. The molecule has 0 unspecified atom stereocenters. The standard InChI is InChI=1S/C21H22N2O4S/c1-5-23-21(25)17(12-22-23)20(24)16-10-11-18(28(4,26)27)19(14(16)3)15-9-7-6-8-13(15)2/h6-12,22H,5H2,1-4H3. The Bertz CT molecular complexity index is 1230. The van der Waals surface area contributed by atoms with Gasteiger partial charge in [-0.3, -0.25) is 14.3 Å². The van der Waals surface area contributed by atoms with Crippen LogP contribution in [0.1, 0.15) is 34.0 Å². The zero-order valence-electron chi connectivity index (χ0n) is 16.2. The van der Waals surface area contributed by atoms with Crippen LogP contribution in [0.3, 0.4) is 0 Å². The van der Waals surface area contributed by atoms with Gasteiger partial charge in [0.05, 0.1) is 4.90 Å². The quantitative estimate of drug-likeness (QED) is 0.669. The molecule has 0 aliphatic rings. The predicted molar refractivity (Wildman–Crippen MR) is 109 cm³/mol. The van der Waals surface area contributed by atoms with Gasteiger partial charge in [0.25, 0.3) is 5.56 Å². The number of aromatic amines is 1. The van der Waals surface area contributed by atoms with Gasteiger partial charge in [-0.05, 0) is 49.6 Å². The van der Waals surface area contributed by atoms with Crippen molar-refractivity contribution < 1.29 is 13.2 Å². The summed E-state index contributed by atoms with van der Waals surface area (Å²) in [6, 6.07) is 10.4. The molecule has 0 radical (unpaired) electrons. The molecule has 0 aliphatic heterocycles. The third-order valence-corrected chi connectivity index (χ3v) is 6.03. The van der Waals surface area contributed by atoms with Crippen molar-refractivity contribution in [3.05, 3.63) is 75.2 Å². The van der Waals surface area contributed by atoms with E-state index in [1.807, 2.05) is 31.2 Å². The molecule has 146 valence electrons. The Labute approximate surface area is 163 Å². The first-order valence-electron chi connectivity index (χ1n) is 8.89. The van der Waals surface area contributed by atoms with Crippen LogP contribution in [0.25, 0.3) is 11.1 Å². The first-order chi connectivity index (χ1) is 13.2. The van der Waals surface area contributed by atoms with E-state index in [1.54, 1.807) is 13.8 Å². The first-order valence-corrected chi connectivity index (χ1v) is 10.8. The summed E-state index contributed by atoms with van der Waals surface area (Å²) in [5.41, 5.74) is 2.63. The molecule has 28 heavy (non-hydrogen) atoms. The van der Waals surface area contributed by atoms with Crippen LogP contribution in [-0.4, -0.2) is 30.2 Å². The Morgan fingerprint density at radius 3 is 2.32 bits per heavy atom. The fourth-order valence-electron chi connectivity index (χ4n) is 3.38. The van der Waals surface area contributed by atoms with Crippen LogP contribution in [0.15, 0.2) is 52.3 Å². The highest BCUT2D eigenvalue weighted by molar-refractivity contribution is 7.90. The minimum atomic E-state index is -3.52. The second-order valence-electron chi connectivity index (χ2n) is 6.76. The van der Waals surface area contributed by atoms with E-state index in [-0.39, 0.29) is 10.5 Å². The predicted octanol–water partition coefficient (Wildman–Crippen LogP) is 3.11. The van der Waals surface area contributed by atoms with Crippen LogP contribution >= 0.6 is 0 Å². The highest BCUT2D eigenvalue weighted by atomic mass is 32.2. The number of benzene rings is 2. The van der Waals surface area contributed by atoms with E-state index < -0.39 is 21.2 Å². The topological polar surface area (TPSA) is 89.0 Å². The van der Waals surface area contributed by atoms with Gasteiger partial charge in [-0.25, -0.2) is 8.42 Å². The molecule has 0 atom stereocenters. The van der Waals surface area contributed by atoms with E-state index in [4.69, 9.17) is 0 Å². The van der Waals surface area contributed by atoms with Crippen molar-refractivity contribution >= 4 is 15.6 Å². The van der Waals surface area contributed by atoms with Crippen LogP contribution in [-0.2, 0) is 16.4 Å². The summed E-state index contributed by atoms with van der Waals surface area (Å²) >= 11 is 0. The molecule has 3 aromatic rings. The average Bonchev–Trinajstić information content (AvgIpc) is 3.01. The summed E-state index contributed by atoms with van der Waals surface area (Å²) in [5, 5.41) is 2.77. The second-order valence-corrected chi connectivity index (χ2v) is 8.75. The normalized spacial score (nSPS) is 11.6. The lowest BCUT2D eigenvalue weighted by Gasteiger charge is -2.16. The summed E-state index contributed by atoms with van der Waals surface area (Å²) in [6.07, 6.45) is 2.54. The molecule has 7 heteroatoms. The maximum Gasteiger partial charge on any atom is 0.277 e. The monoisotopic (exact) mass is 398 g/mol.